The minimum atomic E-state index is -0.482. The van der Waals surface area contributed by atoms with Crippen molar-refractivity contribution in [3.63, 3.8) is 0 Å². The molecule has 0 unspecified atom stereocenters. The van der Waals surface area contributed by atoms with Crippen molar-refractivity contribution in [3.05, 3.63) is 29.8 Å². The van der Waals surface area contributed by atoms with Crippen molar-refractivity contribution in [2.24, 2.45) is 23.2 Å². The number of carbonyl (C=O) groups excluding carboxylic acids is 2. The van der Waals surface area contributed by atoms with Crippen molar-refractivity contribution in [1.29, 1.82) is 0 Å². The SMILES string of the molecule is O=C(OCC(=O)C12CC3CC(CC(C3)C1)C2)c1ccccc1NCCO. The Morgan fingerprint density at radius 2 is 1.69 bits per heavy atom. The van der Waals surface area contributed by atoms with E-state index in [1.807, 2.05) is 6.07 Å². The summed E-state index contributed by atoms with van der Waals surface area (Å²) < 4.78 is 5.41. The lowest BCUT2D eigenvalue weighted by Crippen LogP contribution is -2.51. The maximum Gasteiger partial charge on any atom is 0.340 e. The summed E-state index contributed by atoms with van der Waals surface area (Å²) in [6.45, 7) is 0.212. The molecule has 5 heteroatoms. The lowest BCUT2D eigenvalue weighted by molar-refractivity contribution is -0.147. The quantitative estimate of drug-likeness (QED) is 0.734. The predicted octanol–water partition coefficient (Wildman–Crippen LogP) is 3.03. The van der Waals surface area contributed by atoms with Gasteiger partial charge in [0.1, 0.15) is 0 Å². The van der Waals surface area contributed by atoms with Gasteiger partial charge >= 0.3 is 5.97 Å². The largest absolute Gasteiger partial charge is 0.454 e. The van der Waals surface area contributed by atoms with Gasteiger partial charge in [-0.25, -0.2) is 4.79 Å². The van der Waals surface area contributed by atoms with Gasteiger partial charge in [0, 0.05) is 17.6 Å². The van der Waals surface area contributed by atoms with E-state index in [-0.39, 0.29) is 24.4 Å². The number of para-hydroxylation sites is 1. The molecule has 0 saturated heterocycles. The summed E-state index contributed by atoms with van der Waals surface area (Å²) in [7, 11) is 0. The van der Waals surface area contributed by atoms with Crippen LogP contribution in [0.3, 0.4) is 0 Å². The molecule has 26 heavy (non-hydrogen) atoms. The van der Waals surface area contributed by atoms with Gasteiger partial charge in [-0.2, -0.15) is 0 Å². The number of aliphatic hydroxyl groups excluding tert-OH is 1. The monoisotopic (exact) mass is 357 g/mol. The molecule has 5 rings (SSSR count). The van der Waals surface area contributed by atoms with Crippen LogP contribution in [0.2, 0.25) is 0 Å². The van der Waals surface area contributed by atoms with Crippen LogP contribution in [0.15, 0.2) is 24.3 Å². The summed E-state index contributed by atoms with van der Waals surface area (Å²) in [5, 5.41) is 12.0. The van der Waals surface area contributed by atoms with Gasteiger partial charge in [-0.3, -0.25) is 4.79 Å². The van der Waals surface area contributed by atoms with Gasteiger partial charge in [-0.1, -0.05) is 12.1 Å². The topological polar surface area (TPSA) is 75.6 Å². The second kappa shape index (κ2) is 7.03. The molecule has 4 fully saturated rings. The van der Waals surface area contributed by atoms with Crippen LogP contribution in [0, 0.1) is 23.2 Å². The first kappa shape index (κ1) is 17.5. The van der Waals surface area contributed by atoms with E-state index in [4.69, 9.17) is 9.84 Å². The minimum Gasteiger partial charge on any atom is -0.454 e. The molecule has 0 radical (unpaired) electrons. The molecule has 140 valence electrons. The molecule has 4 aliphatic rings. The number of hydrogen-bond donors (Lipinski definition) is 2. The number of rotatable bonds is 7. The van der Waals surface area contributed by atoms with E-state index < -0.39 is 5.97 Å². The lowest BCUT2D eigenvalue weighted by atomic mass is 9.48. The summed E-state index contributed by atoms with van der Waals surface area (Å²) in [6, 6.07) is 7.03. The molecular weight excluding hydrogens is 330 g/mol. The molecule has 0 spiro atoms. The normalized spacial score (nSPS) is 31.7. The molecule has 4 aliphatic carbocycles. The first-order valence-corrected chi connectivity index (χ1v) is 9.74. The summed E-state index contributed by atoms with van der Waals surface area (Å²) in [5.74, 6) is 1.73. The fourth-order valence-electron chi connectivity index (χ4n) is 5.82. The van der Waals surface area contributed by atoms with Crippen molar-refractivity contribution in [2.45, 2.75) is 38.5 Å². The van der Waals surface area contributed by atoms with Gasteiger partial charge in [0.25, 0.3) is 0 Å². The van der Waals surface area contributed by atoms with E-state index in [0.29, 0.717) is 35.5 Å². The molecule has 0 aromatic heterocycles. The highest BCUT2D eigenvalue weighted by Crippen LogP contribution is 2.60. The Bertz CT molecular complexity index is 664. The second-order valence-electron chi connectivity index (χ2n) is 8.39. The van der Waals surface area contributed by atoms with Crippen LogP contribution in [-0.2, 0) is 9.53 Å². The summed E-state index contributed by atoms with van der Waals surface area (Å²) in [6.07, 6.45) is 6.83. The average molecular weight is 357 g/mol. The van der Waals surface area contributed by atoms with Gasteiger partial charge in [0.05, 0.1) is 12.2 Å². The Morgan fingerprint density at radius 1 is 1.08 bits per heavy atom. The molecular formula is C21H27NO4. The molecule has 2 N–H and O–H groups in total. The number of esters is 1. The molecule has 0 aliphatic heterocycles. The number of carbonyl (C=O) groups is 2. The Labute approximate surface area is 154 Å². The molecule has 4 bridgehead atoms. The lowest BCUT2D eigenvalue weighted by Gasteiger charge is -2.55. The van der Waals surface area contributed by atoms with Crippen LogP contribution in [0.4, 0.5) is 5.69 Å². The summed E-state index contributed by atoms with van der Waals surface area (Å²) in [5.41, 5.74) is 0.789. The summed E-state index contributed by atoms with van der Waals surface area (Å²) >= 11 is 0. The standard InChI is InChI=1S/C21H27NO4/c23-6-5-22-18-4-2-1-3-17(18)20(25)26-13-19(24)21-10-14-7-15(11-21)9-16(8-14)12-21/h1-4,14-16,22-23H,5-13H2. The number of anilines is 1. The van der Waals surface area contributed by atoms with Gasteiger partial charge < -0.3 is 15.2 Å². The number of ketones is 1. The zero-order chi connectivity index (χ0) is 18.1. The van der Waals surface area contributed by atoms with Crippen LogP contribution in [-0.4, -0.2) is 36.6 Å². The van der Waals surface area contributed by atoms with Crippen molar-refractivity contribution in [2.75, 3.05) is 25.1 Å². The molecule has 1 aromatic carbocycles. The summed E-state index contributed by atoms with van der Waals surface area (Å²) in [4.78, 5) is 25.4. The third-order valence-corrected chi connectivity index (χ3v) is 6.54. The fourth-order valence-corrected chi connectivity index (χ4v) is 5.82. The van der Waals surface area contributed by atoms with Gasteiger partial charge in [0.2, 0.25) is 0 Å². The highest BCUT2D eigenvalue weighted by atomic mass is 16.5. The van der Waals surface area contributed by atoms with Crippen molar-refractivity contribution in [1.82, 2.24) is 0 Å². The smallest absolute Gasteiger partial charge is 0.340 e. The molecule has 4 saturated carbocycles. The second-order valence-corrected chi connectivity index (χ2v) is 8.39. The first-order valence-electron chi connectivity index (χ1n) is 9.74. The number of nitrogens with one attached hydrogen (secondary N) is 1. The third-order valence-electron chi connectivity index (χ3n) is 6.54. The fraction of sp³-hybridized carbons (Fsp3) is 0.619. The van der Waals surface area contributed by atoms with Gasteiger partial charge in [-0.15, -0.1) is 0 Å². The Hall–Kier alpha value is -1.88. The number of aliphatic hydroxyl groups is 1. The number of benzene rings is 1. The van der Waals surface area contributed by atoms with Crippen molar-refractivity contribution >= 4 is 17.4 Å². The number of ether oxygens (including phenoxy) is 1. The zero-order valence-corrected chi connectivity index (χ0v) is 15.1. The maximum absolute atomic E-state index is 13.0. The zero-order valence-electron chi connectivity index (χ0n) is 15.1. The highest BCUT2D eigenvalue weighted by molar-refractivity contribution is 5.97. The Kier molecular flexibility index (Phi) is 4.74. The van der Waals surface area contributed by atoms with E-state index in [9.17, 15) is 9.59 Å². The van der Waals surface area contributed by atoms with E-state index in [2.05, 4.69) is 5.32 Å². The molecule has 0 atom stereocenters. The van der Waals surface area contributed by atoms with Crippen LogP contribution < -0.4 is 5.32 Å². The number of Topliss-reactive ketones (excluding diaryl/α,β-unsaturated/α-hetero) is 1. The third kappa shape index (κ3) is 3.25. The Morgan fingerprint density at radius 3 is 2.31 bits per heavy atom. The van der Waals surface area contributed by atoms with Crippen LogP contribution in [0.1, 0.15) is 48.9 Å². The van der Waals surface area contributed by atoms with Crippen molar-refractivity contribution in [3.8, 4) is 0 Å². The predicted molar refractivity (Wildman–Crippen MR) is 97.9 cm³/mol. The highest BCUT2D eigenvalue weighted by Gasteiger charge is 2.54. The van der Waals surface area contributed by atoms with Gasteiger partial charge in [-0.05, 0) is 68.4 Å². The van der Waals surface area contributed by atoms with E-state index >= 15 is 0 Å². The molecule has 0 amide bonds. The first-order chi connectivity index (χ1) is 12.6. The molecule has 1 aromatic rings. The molecule has 5 nitrogen and oxygen atoms in total. The number of hydrogen-bond acceptors (Lipinski definition) is 5. The van der Waals surface area contributed by atoms with Crippen molar-refractivity contribution < 1.29 is 19.4 Å². The Balaban J connectivity index is 1.40. The maximum atomic E-state index is 13.0. The van der Waals surface area contributed by atoms with Crippen LogP contribution >= 0.6 is 0 Å². The van der Waals surface area contributed by atoms with E-state index in [1.54, 1.807) is 18.2 Å². The van der Waals surface area contributed by atoms with Crippen LogP contribution in [0.25, 0.3) is 0 Å². The molecule has 0 heterocycles. The average Bonchev–Trinajstić information content (AvgIpc) is 2.63. The van der Waals surface area contributed by atoms with Crippen LogP contribution in [0.5, 0.6) is 0 Å². The van der Waals surface area contributed by atoms with Gasteiger partial charge in [0.15, 0.2) is 12.4 Å². The minimum absolute atomic E-state index is 0.0200. The van der Waals surface area contributed by atoms with E-state index in [1.165, 1.54) is 19.3 Å². The van der Waals surface area contributed by atoms with E-state index in [0.717, 1.165) is 19.3 Å².